The summed E-state index contributed by atoms with van der Waals surface area (Å²) in [4.78, 5) is 8.10. The van der Waals surface area contributed by atoms with Crippen molar-refractivity contribution < 1.29 is 9.13 Å². The number of pyridine rings is 2. The molecule has 0 unspecified atom stereocenters. The third-order valence-corrected chi connectivity index (χ3v) is 7.73. The summed E-state index contributed by atoms with van der Waals surface area (Å²) in [7, 11) is 0. The summed E-state index contributed by atoms with van der Waals surface area (Å²) < 4.78 is 19.4. The topological polar surface area (TPSA) is 73.1 Å². The van der Waals surface area contributed by atoms with Crippen molar-refractivity contribution in [1.82, 2.24) is 15.3 Å². The third-order valence-electron chi connectivity index (χ3n) is 7.73. The minimum absolute atomic E-state index is 0.386. The predicted octanol–water partition coefficient (Wildman–Crippen LogP) is 5.24. The lowest BCUT2D eigenvalue weighted by Gasteiger charge is -2.27. The first kappa shape index (κ1) is 20.8. The summed E-state index contributed by atoms with van der Waals surface area (Å²) in [6.45, 7) is 2.79. The number of halogens is 1. The van der Waals surface area contributed by atoms with Crippen LogP contribution in [0.25, 0.3) is 22.3 Å². The standard InChI is InChI=1S/C27H29FN4O/c28-25-13-19(3-8-30-25)22-12-20(15-31-26(22)29)18-1-2-21(17-4-9-33-10-5-17)23(11-18)24-14-27(6-7-27)16-32-24/h1-3,8,11-13,15,17,24,32H,4-7,9-10,14,16H2,(H2,29,31)/t24-/m0/s1. The number of nitrogens with one attached hydrogen (secondary N) is 1. The molecule has 3 aliphatic rings. The molecule has 1 atom stereocenters. The van der Waals surface area contributed by atoms with Crippen LogP contribution in [-0.4, -0.2) is 29.7 Å². The largest absolute Gasteiger partial charge is 0.383 e. The van der Waals surface area contributed by atoms with Gasteiger partial charge in [0.15, 0.2) is 0 Å². The molecule has 1 spiro atoms. The van der Waals surface area contributed by atoms with E-state index in [0.717, 1.165) is 49.3 Å². The Bertz CT molecular complexity index is 1190. The monoisotopic (exact) mass is 444 g/mol. The Morgan fingerprint density at radius 3 is 2.58 bits per heavy atom. The zero-order chi connectivity index (χ0) is 22.4. The molecule has 1 aromatic carbocycles. The molecule has 6 rings (SSSR count). The third kappa shape index (κ3) is 4.02. The van der Waals surface area contributed by atoms with Crippen molar-refractivity contribution in [2.75, 3.05) is 25.5 Å². The van der Waals surface area contributed by atoms with E-state index in [1.165, 1.54) is 42.7 Å². The van der Waals surface area contributed by atoms with Gasteiger partial charge in [0.1, 0.15) is 5.82 Å². The maximum absolute atomic E-state index is 13.7. The first-order valence-electron chi connectivity index (χ1n) is 11.9. The van der Waals surface area contributed by atoms with E-state index in [2.05, 4.69) is 33.5 Å². The van der Waals surface area contributed by atoms with Gasteiger partial charge < -0.3 is 15.8 Å². The molecule has 3 aromatic rings. The van der Waals surface area contributed by atoms with E-state index in [4.69, 9.17) is 10.5 Å². The number of ether oxygens (including phenoxy) is 1. The quantitative estimate of drug-likeness (QED) is 0.539. The minimum Gasteiger partial charge on any atom is -0.383 e. The average Bonchev–Trinajstić information content (AvgIpc) is 3.48. The van der Waals surface area contributed by atoms with Gasteiger partial charge >= 0.3 is 0 Å². The Kier molecular flexibility index (Phi) is 5.15. The average molecular weight is 445 g/mol. The SMILES string of the molecule is Nc1ncc(-c2ccc(C3CCOCC3)c([C@@H]3CC4(CC4)CN3)c2)cc1-c1ccnc(F)c1. The first-order chi connectivity index (χ1) is 16.1. The Hall–Kier alpha value is -2.83. The van der Waals surface area contributed by atoms with E-state index in [0.29, 0.717) is 28.8 Å². The molecule has 3 fully saturated rings. The normalized spacial score (nSPS) is 22.0. The number of aromatic nitrogens is 2. The smallest absolute Gasteiger partial charge is 0.213 e. The van der Waals surface area contributed by atoms with E-state index in [1.54, 1.807) is 6.07 Å². The van der Waals surface area contributed by atoms with Crippen molar-refractivity contribution in [2.24, 2.45) is 5.41 Å². The maximum atomic E-state index is 13.7. The molecule has 0 radical (unpaired) electrons. The van der Waals surface area contributed by atoms with Crippen LogP contribution in [0.2, 0.25) is 0 Å². The van der Waals surface area contributed by atoms with Gasteiger partial charge in [-0.05, 0) is 83.9 Å². The van der Waals surface area contributed by atoms with Crippen molar-refractivity contribution in [3.63, 3.8) is 0 Å². The molecule has 33 heavy (non-hydrogen) atoms. The van der Waals surface area contributed by atoms with Gasteiger partial charge in [0.05, 0.1) is 0 Å². The summed E-state index contributed by atoms with van der Waals surface area (Å²) in [6.07, 6.45) is 9.32. The van der Waals surface area contributed by atoms with E-state index < -0.39 is 5.95 Å². The molecule has 0 amide bonds. The Labute approximate surface area is 193 Å². The zero-order valence-corrected chi connectivity index (χ0v) is 18.7. The fourth-order valence-electron chi connectivity index (χ4n) is 5.57. The predicted molar refractivity (Wildman–Crippen MR) is 127 cm³/mol. The molecule has 170 valence electrons. The van der Waals surface area contributed by atoms with Crippen LogP contribution in [0.15, 0.2) is 48.8 Å². The molecule has 1 saturated carbocycles. The van der Waals surface area contributed by atoms with E-state index in [9.17, 15) is 4.39 Å². The van der Waals surface area contributed by atoms with Gasteiger partial charge in [-0.2, -0.15) is 4.39 Å². The van der Waals surface area contributed by atoms with Crippen LogP contribution in [0.4, 0.5) is 10.2 Å². The number of benzene rings is 1. The van der Waals surface area contributed by atoms with Gasteiger partial charge in [0, 0.05) is 55.4 Å². The van der Waals surface area contributed by atoms with Crippen molar-refractivity contribution in [2.45, 2.75) is 44.1 Å². The van der Waals surface area contributed by atoms with E-state index in [-0.39, 0.29) is 0 Å². The van der Waals surface area contributed by atoms with Crippen LogP contribution in [0, 0.1) is 11.4 Å². The summed E-state index contributed by atoms with van der Waals surface area (Å²) in [5.74, 6) is 0.401. The summed E-state index contributed by atoms with van der Waals surface area (Å²) in [5, 5.41) is 3.82. The van der Waals surface area contributed by atoms with Gasteiger partial charge in [-0.1, -0.05) is 12.1 Å². The molecule has 2 aliphatic heterocycles. The Morgan fingerprint density at radius 2 is 1.82 bits per heavy atom. The second kappa shape index (κ2) is 8.19. The number of anilines is 1. The minimum atomic E-state index is -0.526. The highest BCUT2D eigenvalue weighted by atomic mass is 19.1. The lowest BCUT2D eigenvalue weighted by molar-refractivity contribution is 0.0850. The lowest BCUT2D eigenvalue weighted by atomic mass is 9.83. The summed E-state index contributed by atoms with van der Waals surface area (Å²) in [5.41, 5.74) is 13.1. The van der Waals surface area contributed by atoms with Crippen molar-refractivity contribution in [1.29, 1.82) is 0 Å². The van der Waals surface area contributed by atoms with Gasteiger partial charge in [0.25, 0.3) is 0 Å². The second-order valence-electron chi connectivity index (χ2n) is 9.89. The highest BCUT2D eigenvalue weighted by molar-refractivity contribution is 5.79. The highest BCUT2D eigenvalue weighted by Gasteiger charge is 2.48. The van der Waals surface area contributed by atoms with E-state index in [1.807, 2.05) is 12.3 Å². The lowest BCUT2D eigenvalue weighted by Crippen LogP contribution is -2.20. The van der Waals surface area contributed by atoms with Crippen LogP contribution in [-0.2, 0) is 4.74 Å². The number of rotatable bonds is 4. The molecule has 2 aromatic heterocycles. The number of hydrogen-bond donors (Lipinski definition) is 2. The van der Waals surface area contributed by atoms with Crippen LogP contribution < -0.4 is 11.1 Å². The van der Waals surface area contributed by atoms with Crippen LogP contribution in [0.5, 0.6) is 0 Å². The van der Waals surface area contributed by atoms with Gasteiger partial charge in [-0.15, -0.1) is 0 Å². The first-order valence-corrected chi connectivity index (χ1v) is 11.9. The Morgan fingerprint density at radius 1 is 0.970 bits per heavy atom. The molecule has 3 N–H and O–H groups in total. The van der Waals surface area contributed by atoms with Crippen LogP contribution in [0.3, 0.4) is 0 Å². The fraction of sp³-hybridized carbons (Fsp3) is 0.407. The van der Waals surface area contributed by atoms with Gasteiger partial charge in [-0.3, -0.25) is 0 Å². The number of nitrogen functional groups attached to an aromatic ring is 1. The molecule has 6 heteroatoms. The Balaban J connectivity index is 1.40. The van der Waals surface area contributed by atoms with E-state index >= 15 is 0 Å². The highest BCUT2D eigenvalue weighted by Crippen LogP contribution is 2.55. The number of nitrogens with zero attached hydrogens (tertiary/aromatic N) is 2. The molecule has 4 heterocycles. The molecule has 1 aliphatic carbocycles. The summed E-state index contributed by atoms with van der Waals surface area (Å²) >= 11 is 0. The molecular weight excluding hydrogens is 415 g/mol. The second-order valence-corrected chi connectivity index (χ2v) is 9.89. The molecule has 2 saturated heterocycles. The van der Waals surface area contributed by atoms with Gasteiger partial charge in [-0.25, -0.2) is 9.97 Å². The van der Waals surface area contributed by atoms with Gasteiger partial charge in [0.2, 0.25) is 5.95 Å². The maximum Gasteiger partial charge on any atom is 0.213 e. The van der Waals surface area contributed by atoms with Crippen molar-refractivity contribution in [3.05, 3.63) is 65.9 Å². The molecular formula is C27H29FN4O. The number of nitrogens with two attached hydrogens (primary N) is 1. The molecule has 0 bridgehead atoms. The molecule has 5 nitrogen and oxygen atoms in total. The van der Waals surface area contributed by atoms with Crippen LogP contribution >= 0.6 is 0 Å². The van der Waals surface area contributed by atoms with Crippen LogP contribution in [0.1, 0.15) is 55.2 Å². The van der Waals surface area contributed by atoms with Crippen molar-refractivity contribution >= 4 is 5.82 Å². The fourth-order valence-corrected chi connectivity index (χ4v) is 5.57. The summed E-state index contributed by atoms with van der Waals surface area (Å²) in [6, 6.07) is 12.4. The van der Waals surface area contributed by atoms with Crippen molar-refractivity contribution in [3.8, 4) is 22.3 Å². The zero-order valence-electron chi connectivity index (χ0n) is 18.7. The number of hydrogen-bond acceptors (Lipinski definition) is 5.